The van der Waals surface area contributed by atoms with E-state index in [1.807, 2.05) is 19.9 Å². The van der Waals surface area contributed by atoms with Crippen LogP contribution >= 0.6 is 15.9 Å². The summed E-state index contributed by atoms with van der Waals surface area (Å²) in [5.41, 5.74) is 7.63. The third kappa shape index (κ3) is 7.85. The van der Waals surface area contributed by atoms with Crippen LogP contribution < -0.4 is 16.4 Å². The summed E-state index contributed by atoms with van der Waals surface area (Å²) >= 11 is 3.42. The lowest BCUT2D eigenvalue weighted by molar-refractivity contribution is -0.111. The van der Waals surface area contributed by atoms with E-state index in [9.17, 15) is 14.7 Å². The SMILES string of the molecule is CC(C)(CC/C=C/C(=O)Nc1ccccc1N)[C@@H](OC(=O)Nc1ccc(C#N)cc1)c1cc(Br)ccc1O. The molecule has 0 heterocycles. The normalized spacial score (nSPS) is 11.9. The molecule has 0 aromatic heterocycles. The maximum Gasteiger partial charge on any atom is 0.412 e. The van der Waals surface area contributed by atoms with Crippen molar-refractivity contribution in [3.63, 3.8) is 0 Å². The summed E-state index contributed by atoms with van der Waals surface area (Å²) in [6.07, 6.45) is 2.70. The highest BCUT2D eigenvalue weighted by Crippen LogP contribution is 2.44. The Morgan fingerprint density at radius 2 is 1.84 bits per heavy atom. The monoisotopic (exact) mass is 576 g/mol. The van der Waals surface area contributed by atoms with Gasteiger partial charge in [-0.2, -0.15) is 5.26 Å². The Kier molecular flexibility index (Phi) is 9.52. The minimum absolute atomic E-state index is 0.00665. The molecule has 5 N–H and O–H groups in total. The Balaban J connectivity index is 1.72. The van der Waals surface area contributed by atoms with Gasteiger partial charge in [0.1, 0.15) is 11.9 Å². The molecule has 2 amide bonds. The van der Waals surface area contributed by atoms with Crippen LogP contribution in [-0.2, 0) is 9.53 Å². The number of ether oxygens (including phenoxy) is 1. The van der Waals surface area contributed by atoms with Gasteiger partial charge in [0.05, 0.1) is 23.0 Å². The van der Waals surface area contributed by atoms with Crippen molar-refractivity contribution in [1.82, 2.24) is 0 Å². The van der Waals surface area contributed by atoms with Crippen LogP contribution in [0, 0.1) is 16.7 Å². The second-order valence-corrected chi connectivity index (χ2v) is 10.2. The molecule has 0 saturated carbocycles. The van der Waals surface area contributed by atoms with Crippen molar-refractivity contribution in [3.05, 3.63) is 94.5 Å². The summed E-state index contributed by atoms with van der Waals surface area (Å²) < 4.78 is 6.58. The molecule has 9 heteroatoms. The van der Waals surface area contributed by atoms with Gasteiger partial charge < -0.3 is 20.9 Å². The van der Waals surface area contributed by atoms with E-state index in [1.54, 1.807) is 66.7 Å². The van der Waals surface area contributed by atoms with Gasteiger partial charge in [-0.15, -0.1) is 0 Å². The second kappa shape index (κ2) is 12.8. The lowest BCUT2D eigenvalue weighted by Gasteiger charge is -2.34. The maximum atomic E-state index is 12.8. The van der Waals surface area contributed by atoms with E-state index in [1.165, 1.54) is 12.1 Å². The minimum Gasteiger partial charge on any atom is -0.508 e. The van der Waals surface area contributed by atoms with Gasteiger partial charge in [0.2, 0.25) is 5.91 Å². The number of halogens is 1. The highest BCUT2D eigenvalue weighted by molar-refractivity contribution is 9.10. The van der Waals surface area contributed by atoms with Gasteiger partial charge in [-0.25, -0.2) is 4.79 Å². The first-order chi connectivity index (χ1) is 18.1. The fraction of sp³-hybridized carbons (Fsp3) is 0.207. The Morgan fingerprint density at radius 1 is 1.13 bits per heavy atom. The molecule has 3 aromatic rings. The molecular formula is C29H29BrN4O4. The summed E-state index contributed by atoms with van der Waals surface area (Å²) in [6.45, 7) is 3.84. The van der Waals surface area contributed by atoms with E-state index >= 15 is 0 Å². The number of anilines is 3. The van der Waals surface area contributed by atoms with Crippen LogP contribution in [0.2, 0.25) is 0 Å². The number of hydrogen-bond donors (Lipinski definition) is 4. The lowest BCUT2D eigenvalue weighted by atomic mass is 9.78. The third-order valence-corrected chi connectivity index (χ3v) is 6.40. The number of phenols is 1. The maximum absolute atomic E-state index is 12.8. The summed E-state index contributed by atoms with van der Waals surface area (Å²) in [7, 11) is 0. The van der Waals surface area contributed by atoms with Gasteiger partial charge in [0.25, 0.3) is 0 Å². The molecule has 8 nitrogen and oxygen atoms in total. The zero-order valence-electron chi connectivity index (χ0n) is 21.1. The average Bonchev–Trinajstić information content (AvgIpc) is 2.88. The molecule has 0 unspecified atom stereocenters. The highest BCUT2D eigenvalue weighted by atomic mass is 79.9. The molecule has 0 bridgehead atoms. The first kappa shape index (κ1) is 28.3. The van der Waals surface area contributed by atoms with Gasteiger partial charge in [0, 0.05) is 21.1 Å². The second-order valence-electron chi connectivity index (χ2n) is 9.31. The van der Waals surface area contributed by atoms with Gasteiger partial charge in [-0.05, 0) is 73.5 Å². The van der Waals surface area contributed by atoms with E-state index in [4.69, 9.17) is 15.7 Å². The van der Waals surface area contributed by atoms with E-state index in [0.29, 0.717) is 41.0 Å². The molecule has 0 aliphatic carbocycles. The third-order valence-electron chi connectivity index (χ3n) is 5.91. The van der Waals surface area contributed by atoms with Crippen molar-refractivity contribution in [2.45, 2.75) is 32.8 Å². The van der Waals surface area contributed by atoms with Gasteiger partial charge in [-0.1, -0.05) is 48.0 Å². The smallest absolute Gasteiger partial charge is 0.412 e. The molecule has 0 spiro atoms. The van der Waals surface area contributed by atoms with Gasteiger partial charge >= 0.3 is 6.09 Å². The van der Waals surface area contributed by atoms with Crippen molar-refractivity contribution in [2.24, 2.45) is 5.41 Å². The Morgan fingerprint density at radius 3 is 2.53 bits per heavy atom. The van der Waals surface area contributed by atoms with Gasteiger partial charge in [-0.3, -0.25) is 10.1 Å². The Bertz CT molecular complexity index is 1360. The van der Waals surface area contributed by atoms with Crippen molar-refractivity contribution >= 4 is 45.0 Å². The number of rotatable bonds is 9. The topological polar surface area (TPSA) is 137 Å². The number of nitrogens with two attached hydrogens (primary N) is 1. The molecule has 0 fully saturated rings. The molecule has 1 atom stereocenters. The first-order valence-electron chi connectivity index (χ1n) is 11.9. The number of nitrogens with one attached hydrogen (secondary N) is 2. The molecular weight excluding hydrogens is 548 g/mol. The number of carbonyl (C=O) groups excluding carboxylic acids is 2. The predicted octanol–water partition coefficient (Wildman–Crippen LogP) is 6.90. The quantitative estimate of drug-likeness (QED) is 0.161. The van der Waals surface area contributed by atoms with Crippen LogP contribution in [0.4, 0.5) is 21.9 Å². The fourth-order valence-corrected chi connectivity index (χ4v) is 4.20. The molecule has 3 rings (SSSR count). The van der Waals surface area contributed by atoms with E-state index < -0.39 is 17.6 Å². The average molecular weight is 577 g/mol. The summed E-state index contributed by atoms with van der Waals surface area (Å²) in [6, 6.07) is 20.4. The molecule has 196 valence electrons. The van der Waals surface area contributed by atoms with Gasteiger partial charge in [0.15, 0.2) is 0 Å². The standard InChI is InChI=1S/C29H29BrN4O4/c1-29(2,16-6-5-9-26(36)34-24-8-4-3-7-23(24)32)27(22-17-20(30)12-15-25(22)35)38-28(37)33-21-13-10-19(18-31)11-14-21/h3-5,7-15,17,27,35H,6,16,32H2,1-2H3,(H,33,37)(H,34,36)/b9-5+/t27-/m0/s1. The molecule has 0 saturated heterocycles. The van der Waals surface area contributed by atoms with Crippen LogP contribution in [0.1, 0.15) is 43.9 Å². The van der Waals surface area contributed by atoms with E-state index in [2.05, 4.69) is 26.6 Å². The molecule has 38 heavy (non-hydrogen) atoms. The molecule has 3 aromatic carbocycles. The van der Waals surface area contributed by atoms with Crippen LogP contribution in [0.3, 0.4) is 0 Å². The van der Waals surface area contributed by atoms with Crippen molar-refractivity contribution in [1.29, 1.82) is 5.26 Å². The Labute approximate surface area is 230 Å². The molecule has 0 aliphatic heterocycles. The first-order valence-corrected chi connectivity index (χ1v) is 12.7. The van der Waals surface area contributed by atoms with Crippen molar-refractivity contribution in [2.75, 3.05) is 16.4 Å². The summed E-state index contributed by atoms with van der Waals surface area (Å²) in [4.78, 5) is 25.1. The number of carbonyl (C=O) groups is 2. The number of para-hydroxylation sites is 2. The number of nitrogens with zero attached hydrogens (tertiary/aromatic N) is 1. The van der Waals surface area contributed by atoms with Crippen LogP contribution in [0.25, 0.3) is 0 Å². The van der Waals surface area contributed by atoms with E-state index in [-0.39, 0.29) is 11.7 Å². The number of nitrogen functional groups attached to an aromatic ring is 1. The zero-order valence-corrected chi connectivity index (χ0v) is 22.7. The van der Waals surface area contributed by atoms with Crippen LogP contribution in [-0.4, -0.2) is 17.1 Å². The fourth-order valence-electron chi connectivity index (χ4n) is 3.82. The minimum atomic E-state index is -0.815. The zero-order chi connectivity index (χ0) is 27.7. The largest absolute Gasteiger partial charge is 0.508 e. The summed E-state index contributed by atoms with van der Waals surface area (Å²) in [5, 5.41) is 25.0. The number of phenolic OH excluding ortho intramolecular Hbond substituents is 1. The number of hydrogen-bond acceptors (Lipinski definition) is 6. The van der Waals surface area contributed by atoms with Crippen molar-refractivity contribution in [3.8, 4) is 11.8 Å². The molecule has 0 aliphatic rings. The van der Waals surface area contributed by atoms with Crippen LogP contribution in [0.15, 0.2) is 83.4 Å². The summed E-state index contributed by atoms with van der Waals surface area (Å²) in [5.74, 6) is -0.312. The molecule has 0 radical (unpaired) electrons. The number of nitriles is 1. The van der Waals surface area contributed by atoms with E-state index in [0.717, 1.165) is 4.47 Å². The number of allylic oxidation sites excluding steroid dienone is 1. The number of benzene rings is 3. The highest BCUT2D eigenvalue weighted by Gasteiger charge is 2.35. The lowest BCUT2D eigenvalue weighted by Crippen LogP contribution is -2.29. The van der Waals surface area contributed by atoms with Crippen molar-refractivity contribution < 1.29 is 19.4 Å². The predicted molar refractivity (Wildman–Crippen MR) is 151 cm³/mol. The number of aromatic hydroxyl groups is 1. The van der Waals surface area contributed by atoms with Crippen LogP contribution in [0.5, 0.6) is 5.75 Å². The number of amides is 2. The Hall–Kier alpha value is -4.29.